The fourth-order valence-electron chi connectivity index (χ4n) is 3.28. The van der Waals surface area contributed by atoms with E-state index < -0.39 is 0 Å². The smallest absolute Gasteiger partial charge is 0.0415 e. The molecule has 1 aromatic heterocycles. The number of para-hydroxylation sites is 1. The number of aromatic nitrogens is 1. The SMILES string of the molecule is c1ccc2c(c1)NCC2CCNc1ccc(Nc2ccncc2)cc1. The lowest BCUT2D eigenvalue weighted by atomic mass is 9.98. The summed E-state index contributed by atoms with van der Waals surface area (Å²) in [5.41, 5.74) is 6.01. The molecule has 1 atom stereocenters. The van der Waals surface area contributed by atoms with Crippen LogP contribution in [0.1, 0.15) is 17.9 Å². The largest absolute Gasteiger partial charge is 0.385 e. The van der Waals surface area contributed by atoms with Crippen molar-refractivity contribution < 1.29 is 0 Å². The normalized spacial score (nSPS) is 15.3. The molecule has 0 bridgehead atoms. The number of benzene rings is 2. The van der Waals surface area contributed by atoms with Gasteiger partial charge in [0, 0.05) is 54.2 Å². The summed E-state index contributed by atoms with van der Waals surface area (Å²) in [5, 5.41) is 10.4. The van der Waals surface area contributed by atoms with Gasteiger partial charge in [-0.15, -0.1) is 0 Å². The number of rotatable bonds is 6. The topological polar surface area (TPSA) is 49.0 Å². The molecule has 0 aliphatic carbocycles. The molecule has 0 radical (unpaired) electrons. The quantitative estimate of drug-likeness (QED) is 0.605. The van der Waals surface area contributed by atoms with E-state index >= 15 is 0 Å². The van der Waals surface area contributed by atoms with Crippen molar-refractivity contribution in [2.45, 2.75) is 12.3 Å². The zero-order valence-electron chi connectivity index (χ0n) is 14.1. The van der Waals surface area contributed by atoms with Gasteiger partial charge in [0.15, 0.2) is 0 Å². The molecule has 0 saturated carbocycles. The molecule has 0 amide bonds. The minimum absolute atomic E-state index is 0.594. The average molecular weight is 330 g/mol. The third-order valence-electron chi connectivity index (χ3n) is 4.62. The lowest BCUT2D eigenvalue weighted by Crippen LogP contribution is -2.09. The fourth-order valence-corrected chi connectivity index (χ4v) is 3.28. The van der Waals surface area contributed by atoms with E-state index in [0.29, 0.717) is 5.92 Å². The van der Waals surface area contributed by atoms with E-state index in [1.807, 2.05) is 12.1 Å². The molecule has 0 spiro atoms. The summed E-state index contributed by atoms with van der Waals surface area (Å²) in [5.74, 6) is 0.594. The molecule has 25 heavy (non-hydrogen) atoms. The van der Waals surface area contributed by atoms with Gasteiger partial charge in [-0.2, -0.15) is 0 Å². The number of hydrogen-bond acceptors (Lipinski definition) is 4. The molecule has 3 N–H and O–H groups in total. The van der Waals surface area contributed by atoms with E-state index in [4.69, 9.17) is 0 Å². The Balaban J connectivity index is 1.29. The summed E-state index contributed by atoms with van der Waals surface area (Å²) in [6.45, 7) is 2.01. The Morgan fingerprint density at radius 1 is 0.880 bits per heavy atom. The summed E-state index contributed by atoms with van der Waals surface area (Å²) >= 11 is 0. The van der Waals surface area contributed by atoms with Crippen molar-refractivity contribution in [2.75, 3.05) is 29.0 Å². The summed E-state index contributed by atoms with van der Waals surface area (Å²) in [7, 11) is 0. The van der Waals surface area contributed by atoms with Gasteiger partial charge < -0.3 is 16.0 Å². The van der Waals surface area contributed by atoms with Crippen LogP contribution in [0.3, 0.4) is 0 Å². The maximum absolute atomic E-state index is 4.03. The van der Waals surface area contributed by atoms with Crippen LogP contribution in [0.2, 0.25) is 0 Å². The van der Waals surface area contributed by atoms with Crippen LogP contribution in [0, 0.1) is 0 Å². The first-order chi connectivity index (χ1) is 12.4. The van der Waals surface area contributed by atoms with Crippen molar-refractivity contribution in [2.24, 2.45) is 0 Å². The van der Waals surface area contributed by atoms with Crippen molar-refractivity contribution >= 4 is 22.7 Å². The molecule has 126 valence electrons. The number of fused-ring (bicyclic) bond motifs is 1. The van der Waals surface area contributed by atoms with E-state index in [1.165, 1.54) is 11.3 Å². The number of nitrogens with one attached hydrogen (secondary N) is 3. The van der Waals surface area contributed by atoms with Crippen LogP contribution in [0.4, 0.5) is 22.7 Å². The van der Waals surface area contributed by atoms with Crippen LogP contribution >= 0.6 is 0 Å². The van der Waals surface area contributed by atoms with E-state index in [2.05, 4.69) is 69.5 Å². The average Bonchev–Trinajstić information content (AvgIpc) is 3.07. The van der Waals surface area contributed by atoms with Crippen molar-refractivity contribution in [3.05, 3.63) is 78.6 Å². The molecule has 1 unspecified atom stereocenters. The fraction of sp³-hybridized carbons (Fsp3) is 0.190. The predicted molar refractivity (Wildman–Crippen MR) is 105 cm³/mol. The third kappa shape index (κ3) is 3.74. The minimum atomic E-state index is 0.594. The molecule has 0 saturated heterocycles. The molecule has 1 aliphatic rings. The maximum atomic E-state index is 4.03. The van der Waals surface area contributed by atoms with E-state index in [-0.39, 0.29) is 0 Å². The summed E-state index contributed by atoms with van der Waals surface area (Å²) in [4.78, 5) is 4.03. The highest BCUT2D eigenvalue weighted by Crippen LogP contribution is 2.33. The molecular weight excluding hydrogens is 308 g/mol. The van der Waals surface area contributed by atoms with Crippen molar-refractivity contribution in [1.29, 1.82) is 0 Å². The number of hydrogen-bond donors (Lipinski definition) is 3. The Bertz CT molecular complexity index is 815. The van der Waals surface area contributed by atoms with Gasteiger partial charge in [0.05, 0.1) is 0 Å². The van der Waals surface area contributed by atoms with Crippen molar-refractivity contribution in [1.82, 2.24) is 4.98 Å². The van der Waals surface area contributed by atoms with Gasteiger partial charge >= 0.3 is 0 Å². The second-order valence-corrected chi connectivity index (χ2v) is 6.32. The van der Waals surface area contributed by atoms with Gasteiger partial charge in [-0.1, -0.05) is 18.2 Å². The van der Waals surface area contributed by atoms with Gasteiger partial charge in [0.25, 0.3) is 0 Å². The highest BCUT2D eigenvalue weighted by atomic mass is 14.9. The molecule has 4 rings (SSSR count). The van der Waals surface area contributed by atoms with Gasteiger partial charge in [-0.3, -0.25) is 4.98 Å². The second-order valence-electron chi connectivity index (χ2n) is 6.32. The zero-order chi connectivity index (χ0) is 16.9. The Morgan fingerprint density at radius 2 is 1.60 bits per heavy atom. The maximum Gasteiger partial charge on any atom is 0.0415 e. The molecule has 4 heteroatoms. The zero-order valence-corrected chi connectivity index (χ0v) is 14.1. The molecule has 1 aliphatic heterocycles. The first kappa shape index (κ1) is 15.5. The predicted octanol–water partition coefficient (Wildman–Crippen LogP) is 4.84. The molecule has 2 heterocycles. The summed E-state index contributed by atoms with van der Waals surface area (Å²) in [6, 6.07) is 20.9. The minimum Gasteiger partial charge on any atom is -0.385 e. The third-order valence-corrected chi connectivity index (χ3v) is 4.62. The molecule has 2 aromatic carbocycles. The highest BCUT2D eigenvalue weighted by Gasteiger charge is 2.20. The van der Waals surface area contributed by atoms with Crippen molar-refractivity contribution in [3.63, 3.8) is 0 Å². The molecule has 4 nitrogen and oxygen atoms in total. The Labute approximate surface area is 148 Å². The van der Waals surface area contributed by atoms with Crippen LogP contribution < -0.4 is 16.0 Å². The lowest BCUT2D eigenvalue weighted by molar-refractivity contribution is 0.701. The monoisotopic (exact) mass is 330 g/mol. The van der Waals surface area contributed by atoms with Gasteiger partial charge in [-0.05, 0) is 54.4 Å². The van der Waals surface area contributed by atoms with Crippen LogP contribution in [-0.2, 0) is 0 Å². The molecule has 0 fully saturated rings. The molecule has 3 aromatic rings. The first-order valence-corrected chi connectivity index (χ1v) is 8.72. The van der Waals surface area contributed by atoms with Gasteiger partial charge in [0.1, 0.15) is 0 Å². The lowest BCUT2D eigenvalue weighted by Gasteiger charge is -2.12. The van der Waals surface area contributed by atoms with Crippen LogP contribution in [0.25, 0.3) is 0 Å². The second kappa shape index (κ2) is 7.26. The standard InChI is InChI=1S/C21H22N4/c1-2-4-21-20(3-1)16(15-24-21)9-14-23-17-5-7-18(8-6-17)25-19-10-12-22-13-11-19/h1-8,10-13,16,23-24H,9,14-15H2,(H,22,25). The summed E-state index contributed by atoms with van der Waals surface area (Å²) in [6.07, 6.45) is 4.70. The van der Waals surface area contributed by atoms with Crippen LogP contribution in [0.5, 0.6) is 0 Å². The Kier molecular flexibility index (Phi) is 4.51. The van der Waals surface area contributed by atoms with E-state index in [9.17, 15) is 0 Å². The van der Waals surface area contributed by atoms with E-state index in [1.54, 1.807) is 12.4 Å². The first-order valence-electron chi connectivity index (χ1n) is 8.72. The van der Waals surface area contributed by atoms with Gasteiger partial charge in [-0.25, -0.2) is 0 Å². The molecular formula is C21H22N4. The van der Waals surface area contributed by atoms with Crippen LogP contribution in [-0.4, -0.2) is 18.1 Å². The van der Waals surface area contributed by atoms with Crippen LogP contribution in [0.15, 0.2) is 73.1 Å². The highest BCUT2D eigenvalue weighted by molar-refractivity contribution is 5.62. The Morgan fingerprint density at radius 3 is 2.44 bits per heavy atom. The summed E-state index contributed by atoms with van der Waals surface area (Å²) < 4.78 is 0. The van der Waals surface area contributed by atoms with Gasteiger partial charge in [0.2, 0.25) is 0 Å². The number of anilines is 4. The van der Waals surface area contributed by atoms with Crippen molar-refractivity contribution in [3.8, 4) is 0 Å². The van der Waals surface area contributed by atoms with E-state index in [0.717, 1.165) is 36.6 Å². The number of nitrogens with zero attached hydrogens (tertiary/aromatic N) is 1. The Hall–Kier alpha value is -3.01. The number of pyridine rings is 1.